The maximum Gasteiger partial charge on any atom is 0.115 e. The van der Waals surface area contributed by atoms with Crippen LogP contribution in [0.1, 0.15) is 30.0 Å². The number of hydrazine groups is 1. The number of hydrogen-bond acceptors (Lipinski definition) is 4. The Balaban J connectivity index is 1.85. The van der Waals surface area contributed by atoms with Crippen LogP contribution >= 0.6 is 0 Å². The Kier molecular flexibility index (Phi) is 4.81. The second kappa shape index (κ2) is 6.83. The quantitative estimate of drug-likeness (QED) is 0.600. The minimum atomic E-state index is 0.120. The van der Waals surface area contributed by atoms with E-state index in [1.165, 1.54) is 11.9 Å². The monoisotopic (exact) mass is 242 g/mol. The average molecular weight is 242 g/mol. The molecule has 0 saturated carbocycles. The Labute approximate surface area is 107 Å². The number of nitrogens with two attached hydrogens (primary N) is 1. The third kappa shape index (κ3) is 3.61. The van der Waals surface area contributed by atoms with Crippen LogP contribution in [0.3, 0.4) is 0 Å². The van der Waals surface area contributed by atoms with Crippen LogP contribution in [0, 0.1) is 0 Å². The Morgan fingerprint density at radius 2 is 1.83 bits per heavy atom. The van der Waals surface area contributed by atoms with E-state index in [1.807, 2.05) is 6.07 Å². The topological polar surface area (TPSA) is 63.8 Å². The van der Waals surface area contributed by atoms with Gasteiger partial charge in [0.1, 0.15) is 6.33 Å². The zero-order valence-electron chi connectivity index (χ0n) is 10.3. The van der Waals surface area contributed by atoms with Crippen molar-refractivity contribution in [1.29, 1.82) is 0 Å². The van der Waals surface area contributed by atoms with Crippen molar-refractivity contribution in [2.24, 2.45) is 5.84 Å². The number of nitrogens with one attached hydrogen (secondary N) is 1. The minimum Gasteiger partial charge on any atom is -0.271 e. The van der Waals surface area contributed by atoms with Crippen LogP contribution in [-0.2, 0) is 6.42 Å². The van der Waals surface area contributed by atoms with Gasteiger partial charge < -0.3 is 0 Å². The zero-order chi connectivity index (χ0) is 12.6. The summed E-state index contributed by atoms with van der Waals surface area (Å²) in [6.07, 6.45) is 8.25. The fourth-order valence-electron chi connectivity index (χ4n) is 1.99. The van der Waals surface area contributed by atoms with Gasteiger partial charge in [-0.1, -0.05) is 30.3 Å². The smallest absolute Gasteiger partial charge is 0.115 e. The normalized spacial score (nSPS) is 12.3. The van der Waals surface area contributed by atoms with Crippen molar-refractivity contribution in [3.8, 4) is 0 Å². The maximum absolute atomic E-state index is 5.58. The second-order valence-corrected chi connectivity index (χ2v) is 4.27. The highest BCUT2D eigenvalue weighted by Gasteiger charge is 2.09. The number of nitrogens with zero attached hydrogens (tertiary/aromatic N) is 2. The van der Waals surface area contributed by atoms with Gasteiger partial charge in [0, 0.05) is 24.0 Å². The van der Waals surface area contributed by atoms with Crippen molar-refractivity contribution in [2.45, 2.75) is 25.3 Å². The van der Waals surface area contributed by atoms with Crippen molar-refractivity contribution in [2.75, 3.05) is 0 Å². The SMILES string of the molecule is NNC(CCCc1ccccc1)c1cncnc1. The first kappa shape index (κ1) is 12.7. The summed E-state index contributed by atoms with van der Waals surface area (Å²) in [7, 11) is 0. The van der Waals surface area contributed by atoms with Gasteiger partial charge >= 0.3 is 0 Å². The molecule has 1 atom stereocenters. The van der Waals surface area contributed by atoms with E-state index in [-0.39, 0.29) is 6.04 Å². The van der Waals surface area contributed by atoms with Gasteiger partial charge in [-0.2, -0.15) is 0 Å². The Bertz CT molecular complexity index is 444. The van der Waals surface area contributed by atoms with Crippen LogP contribution in [0.4, 0.5) is 0 Å². The molecule has 0 aliphatic carbocycles. The zero-order valence-corrected chi connectivity index (χ0v) is 10.3. The number of hydrogen-bond donors (Lipinski definition) is 2. The van der Waals surface area contributed by atoms with E-state index >= 15 is 0 Å². The van der Waals surface area contributed by atoms with Crippen molar-refractivity contribution in [1.82, 2.24) is 15.4 Å². The molecule has 94 valence electrons. The molecule has 0 fully saturated rings. The summed E-state index contributed by atoms with van der Waals surface area (Å²) in [5.41, 5.74) is 5.22. The molecular weight excluding hydrogens is 224 g/mol. The minimum absolute atomic E-state index is 0.120. The van der Waals surface area contributed by atoms with Gasteiger partial charge in [0.15, 0.2) is 0 Å². The van der Waals surface area contributed by atoms with Crippen LogP contribution in [-0.4, -0.2) is 9.97 Å². The molecule has 1 aromatic carbocycles. The lowest BCUT2D eigenvalue weighted by Crippen LogP contribution is -2.28. The first-order valence-corrected chi connectivity index (χ1v) is 6.15. The van der Waals surface area contributed by atoms with Gasteiger partial charge in [-0.25, -0.2) is 9.97 Å². The van der Waals surface area contributed by atoms with E-state index < -0.39 is 0 Å². The van der Waals surface area contributed by atoms with Gasteiger partial charge in [0.25, 0.3) is 0 Å². The molecule has 1 heterocycles. The van der Waals surface area contributed by atoms with Crippen LogP contribution < -0.4 is 11.3 Å². The molecule has 2 aromatic rings. The van der Waals surface area contributed by atoms with Crippen LogP contribution in [0.25, 0.3) is 0 Å². The Morgan fingerprint density at radius 3 is 2.50 bits per heavy atom. The molecule has 1 aromatic heterocycles. The molecule has 0 spiro atoms. The lowest BCUT2D eigenvalue weighted by atomic mass is 10.0. The Morgan fingerprint density at radius 1 is 1.11 bits per heavy atom. The summed E-state index contributed by atoms with van der Waals surface area (Å²) in [5, 5.41) is 0. The van der Waals surface area contributed by atoms with E-state index in [2.05, 4.69) is 39.7 Å². The lowest BCUT2D eigenvalue weighted by molar-refractivity contribution is 0.496. The molecule has 0 aliphatic rings. The van der Waals surface area contributed by atoms with Gasteiger partial charge in [-0.05, 0) is 24.8 Å². The van der Waals surface area contributed by atoms with E-state index in [0.29, 0.717) is 0 Å². The summed E-state index contributed by atoms with van der Waals surface area (Å²) >= 11 is 0. The van der Waals surface area contributed by atoms with E-state index in [4.69, 9.17) is 5.84 Å². The van der Waals surface area contributed by atoms with Crippen molar-refractivity contribution in [3.05, 3.63) is 60.2 Å². The predicted molar refractivity (Wildman–Crippen MR) is 71.5 cm³/mol. The molecule has 0 aliphatic heterocycles. The first-order chi connectivity index (χ1) is 8.90. The fraction of sp³-hybridized carbons (Fsp3) is 0.286. The van der Waals surface area contributed by atoms with Crippen LogP contribution in [0.2, 0.25) is 0 Å². The van der Waals surface area contributed by atoms with Crippen LogP contribution in [0.5, 0.6) is 0 Å². The molecule has 18 heavy (non-hydrogen) atoms. The molecule has 4 heteroatoms. The highest BCUT2D eigenvalue weighted by Crippen LogP contribution is 2.17. The average Bonchev–Trinajstić information content (AvgIpc) is 2.46. The summed E-state index contributed by atoms with van der Waals surface area (Å²) in [4.78, 5) is 8.03. The molecule has 0 saturated heterocycles. The maximum atomic E-state index is 5.58. The standard InChI is InChI=1S/C14H18N4/c15-18-14(13-9-16-11-17-10-13)8-4-7-12-5-2-1-3-6-12/h1-3,5-6,9-11,14,18H,4,7-8,15H2. The van der Waals surface area contributed by atoms with E-state index in [0.717, 1.165) is 24.8 Å². The van der Waals surface area contributed by atoms with Crippen LogP contribution in [0.15, 0.2) is 49.1 Å². The molecular formula is C14H18N4. The molecule has 4 nitrogen and oxygen atoms in total. The van der Waals surface area contributed by atoms with Gasteiger partial charge in [-0.15, -0.1) is 0 Å². The second-order valence-electron chi connectivity index (χ2n) is 4.27. The first-order valence-electron chi connectivity index (χ1n) is 6.15. The molecule has 1 unspecified atom stereocenters. The highest BCUT2D eigenvalue weighted by molar-refractivity contribution is 5.15. The van der Waals surface area contributed by atoms with Crippen molar-refractivity contribution in [3.63, 3.8) is 0 Å². The third-order valence-electron chi connectivity index (χ3n) is 2.99. The van der Waals surface area contributed by atoms with E-state index in [1.54, 1.807) is 12.4 Å². The molecule has 0 radical (unpaired) electrons. The van der Waals surface area contributed by atoms with Gasteiger partial charge in [0.2, 0.25) is 0 Å². The molecule has 3 N–H and O–H groups in total. The number of rotatable bonds is 6. The lowest BCUT2D eigenvalue weighted by Gasteiger charge is -2.15. The summed E-state index contributed by atoms with van der Waals surface area (Å²) in [6, 6.07) is 10.6. The Hall–Kier alpha value is -1.78. The molecule has 2 rings (SSSR count). The molecule has 0 amide bonds. The largest absolute Gasteiger partial charge is 0.271 e. The highest BCUT2D eigenvalue weighted by atomic mass is 15.2. The number of aryl methyl sites for hydroxylation is 1. The van der Waals surface area contributed by atoms with Crippen molar-refractivity contribution < 1.29 is 0 Å². The fourth-order valence-corrected chi connectivity index (χ4v) is 1.99. The number of benzene rings is 1. The predicted octanol–water partition coefficient (Wildman–Crippen LogP) is 2.00. The summed E-state index contributed by atoms with van der Waals surface area (Å²) in [6.45, 7) is 0. The summed E-state index contributed by atoms with van der Waals surface area (Å²) < 4.78 is 0. The number of aromatic nitrogens is 2. The van der Waals surface area contributed by atoms with E-state index in [9.17, 15) is 0 Å². The summed E-state index contributed by atoms with van der Waals surface area (Å²) in [5.74, 6) is 5.58. The van der Waals surface area contributed by atoms with Crippen molar-refractivity contribution >= 4 is 0 Å². The van der Waals surface area contributed by atoms with Gasteiger partial charge in [0.05, 0.1) is 0 Å². The van der Waals surface area contributed by atoms with Gasteiger partial charge in [-0.3, -0.25) is 11.3 Å². The third-order valence-corrected chi connectivity index (χ3v) is 2.99. The molecule has 0 bridgehead atoms.